The Morgan fingerprint density at radius 2 is 1.88 bits per heavy atom. The van der Waals surface area contributed by atoms with E-state index in [0.717, 1.165) is 52.0 Å². The number of hydrogen-bond donors (Lipinski definition) is 1. The first-order valence-electron chi connectivity index (χ1n) is 11.5. The minimum Gasteiger partial charge on any atom is -0.489 e. The van der Waals surface area contributed by atoms with Crippen LogP contribution in [0.4, 0.5) is 5.69 Å². The SMILES string of the molecule is Cc1cccc(N2CCN(CCCCNC(=O)c3cc(Cl)c4c(c3)OCCCO4)CC2)c1. The van der Waals surface area contributed by atoms with E-state index in [4.69, 9.17) is 21.1 Å². The molecular weight excluding hydrogens is 426 g/mol. The summed E-state index contributed by atoms with van der Waals surface area (Å²) in [6.45, 7) is 9.26. The summed E-state index contributed by atoms with van der Waals surface area (Å²) in [5, 5.41) is 3.42. The lowest BCUT2D eigenvalue weighted by atomic mass is 10.1. The van der Waals surface area contributed by atoms with Crippen molar-refractivity contribution in [2.24, 2.45) is 0 Å². The van der Waals surface area contributed by atoms with Crippen molar-refractivity contribution in [1.29, 1.82) is 0 Å². The molecule has 1 saturated heterocycles. The molecule has 0 aliphatic carbocycles. The molecule has 1 amide bonds. The van der Waals surface area contributed by atoms with Crippen LogP contribution in [0.3, 0.4) is 0 Å². The van der Waals surface area contributed by atoms with Gasteiger partial charge in [-0.15, -0.1) is 0 Å². The van der Waals surface area contributed by atoms with Crippen LogP contribution < -0.4 is 19.7 Å². The van der Waals surface area contributed by atoms with E-state index < -0.39 is 0 Å². The van der Waals surface area contributed by atoms with Crippen LogP contribution in [-0.2, 0) is 0 Å². The summed E-state index contributed by atoms with van der Waals surface area (Å²) in [5.74, 6) is 0.947. The summed E-state index contributed by atoms with van der Waals surface area (Å²) in [5.41, 5.74) is 3.13. The van der Waals surface area contributed by atoms with Crippen molar-refractivity contribution in [1.82, 2.24) is 10.2 Å². The highest BCUT2D eigenvalue weighted by Crippen LogP contribution is 2.37. The molecule has 4 rings (SSSR count). The van der Waals surface area contributed by atoms with Gasteiger partial charge in [-0.1, -0.05) is 23.7 Å². The molecule has 7 heteroatoms. The quantitative estimate of drug-likeness (QED) is 0.633. The molecule has 0 radical (unpaired) electrons. The average molecular weight is 458 g/mol. The number of hydrogen-bond acceptors (Lipinski definition) is 5. The van der Waals surface area contributed by atoms with E-state index in [1.165, 1.54) is 11.3 Å². The lowest BCUT2D eigenvalue weighted by molar-refractivity contribution is 0.0952. The number of nitrogens with zero attached hydrogens (tertiary/aromatic N) is 2. The highest BCUT2D eigenvalue weighted by atomic mass is 35.5. The van der Waals surface area contributed by atoms with Crippen LogP contribution in [-0.4, -0.2) is 63.3 Å². The van der Waals surface area contributed by atoms with Crippen molar-refractivity contribution in [2.75, 3.05) is 57.4 Å². The standard InChI is InChI=1S/C25H32ClN3O3/c1-19-6-4-7-21(16-19)29-12-10-28(11-13-29)9-3-2-8-27-25(30)20-17-22(26)24-23(18-20)31-14-5-15-32-24/h4,6-7,16-18H,2-3,5,8-15H2,1H3,(H,27,30). The minimum absolute atomic E-state index is 0.130. The molecular formula is C25H32ClN3O3. The number of fused-ring (bicyclic) bond motifs is 1. The van der Waals surface area contributed by atoms with E-state index in [-0.39, 0.29) is 5.91 Å². The van der Waals surface area contributed by atoms with Crippen molar-refractivity contribution in [2.45, 2.75) is 26.2 Å². The third kappa shape index (κ3) is 5.87. The number of rotatable bonds is 7. The van der Waals surface area contributed by atoms with Gasteiger partial charge in [-0.2, -0.15) is 0 Å². The monoisotopic (exact) mass is 457 g/mol. The first kappa shape index (κ1) is 22.7. The third-order valence-corrected chi connectivity index (χ3v) is 6.27. The van der Waals surface area contributed by atoms with Crippen LogP contribution in [0.1, 0.15) is 35.2 Å². The second-order valence-electron chi connectivity index (χ2n) is 8.47. The van der Waals surface area contributed by atoms with Crippen LogP contribution >= 0.6 is 11.6 Å². The Morgan fingerprint density at radius 1 is 1.06 bits per heavy atom. The number of piperazine rings is 1. The molecule has 172 valence electrons. The molecule has 0 unspecified atom stereocenters. The molecule has 2 aromatic carbocycles. The van der Waals surface area contributed by atoms with E-state index in [1.807, 2.05) is 0 Å². The van der Waals surface area contributed by atoms with E-state index in [9.17, 15) is 4.79 Å². The zero-order valence-electron chi connectivity index (χ0n) is 18.7. The zero-order chi connectivity index (χ0) is 22.3. The fourth-order valence-electron chi connectivity index (χ4n) is 4.18. The molecule has 0 saturated carbocycles. The second-order valence-corrected chi connectivity index (χ2v) is 8.87. The van der Waals surface area contributed by atoms with Gasteiger partial charge in [0.05, 0.1) is 18.2 Å². The van der Waals surface area contributed by atoms with Gasteiger partial charge >= 0.3 is 0 Å². The largest absolute Gasteiger partial charge is 0.489 e. The van der Waals surface area contributed by atoms with E-state index in [0.29, 0.717) is 41.8 Å². The Labute approximate surface area is 195 Å². The van der Waals surface area contributed by atoms with Crippen LogP contribution in [0.15, 0.2) is 36.4 Å². The lowest BCUT2D eigenvalue weighted by Crippen LogP contribution is -2.46. The third-order valence-electron chi connectivity index (χ3n) is 5.99. The number of ether oxygens (including phenoxy) is 2. The molecule has 32 heavy (non-hydrogen) atoms. The number of halogens is 1. The van der Waals surface area contributed by atoms with Crippen molar-refractivity contribution in [3.05, 3.63) is 52.5 Å². The Kier molecular flexibility index (Phi) is 7.76. The van der Waals surface area contributed by atoms with Gasteiger partial charge in [0.15, 0.2) is 11.5 Å². The summed E-state index contributed by atoms with van der Waals surface area (Å²) < 4.78 is 11.3. The Morgan fingerprint density at radius 3 is 2.69 bits per heavy atom. The highest BCUT2D eigenvalue weighted by Gasteiger charge is 2.19. The number of amides is 1. The summed E-state index contributed by atoms with van der Waals surface area (Å²) in [7, 11) is 0. The van der Waals surface area contributed by atoms with Gasteiger partial charge in [0.1, 0.15) is 0 Å². The average Bonchev–Trinajstić information content (AvgIpc) is 3.05. The maximum Gasteiger partial charge on any atom is 0.251 e. The lowest BCUT2D eigenvalue weighted by Gasteiger charge is -2.36. The van der Waals surface area contributed by atoms with Crippen molar-refractivity contribution < 1.29 is 14.3 Å². The van der Waals surface area contributed by atoms with Crippen LogP contribution in [0, 0.1) is 6.92 Å². The molecule has 2 heterocycles. The maximum atomic E-state index is 12.5. The number of nitrogens with one attached hydrogen (secondary N) is 1. The molecule has 1 fully saturated rings. The van der Waals surface area contributed by atoms with E-state index >= 15 is 0 Å². The molecule has 2 aliphatic heterocycles. The molecule has 2 aliphatic rings. The molecule has 0 atom stereocenters. The number of unbranched alkanes of at least 4 members (excludes halogenated alkanes) is 1. The van der Waals surface area contributed by atoms with Crippen molar-refractivity contribution in [3.8, 4) is 11.5 Å². The summed E-state index contributed by atoms with van der Waals surface area (Å²) in [6, 6.07) is 12.1. The van der Waals surface area contributed by atoms with Gasteiger partial charge in [-0.05, 0) is 56.1 Å². The van der Waals surface area contributed by atoms with Crippen LogP contribution in [0.2, 0.25) is 5.02 Å². The number of carbonyl (C=O) groups excluding carboxylic acids is 1. The number of aryl methyl sites for hydroxylation is 1. The first-order chi connectivity index (χ1) is 15.6. The summed E-state index contributed by atoms with van der Waals surface area (Å²) >= 11 is 6.30. The summed E-state index contributed by atoms with van der Waals surface area (Å²) in [6.07, 6.45) is 2.81. The number of anilines is 1. The topological polar surface area (TPSA) is 54.0 Å². The fraction of sp³-hybridized carbons (Fsp3) is 0.480. The van der Waals surface area contributed by atoms with Gasteiger partial charge < -0.3 is 19.7 Å². The predicted octanol–water partition coefficient (Wildman–Crippen LogP) is 4.14. The van der Waals surface area contributed by atoms with Gasteiger partial charge in [0, 0.05) is 50.4 Å². The first-order valence-corrected chi connectivity index (χ1v) is 11.9. The molecule has 6 nitrogen and oxygen atoms in total. The van der Waals surface area contributed by atoms with Gasteiger partial charge in [-0.3, -0.25) is 9.69 Å². The van der Waals surface area contributed by atoms with Gasteiger partial charge in [0.2, 0.25) is 0 Å². The number of carbonyl (C=O) groups is 1. The Balaban J connectivity index is 1.16. The molecule has 0 aromatic heterocycles. The van der Waals surface area contributed by atoms with Crippen molar-refractivity contribution >= 4 is 23.2 Å². The van der Waals surface area contributed by atoms with Gasteiger partial charge in [0.25, 0.3) is 5.91 Å². The second kappa shape index (κ2) is 10.9. The molecule has 0 bridgehead atoms. The molecule has 1 N–H and O–H groups in total. The van der Waals surface area contributed by atoms with E-state index in [1.54, 1.807) is 12.1 Å². The van der Waals surface area contributed by atoms with E-state index in [2.05, 4.69) is 46.3 Å². The highest BCUT2D eigenvalue weighted by molar-refractivity contribution is 6.32. The fourth-order valence-corrected chi connectivity index (χ4v) is 4.45. The summed E-state index contributed by atoms with van der Waals surface area (Å²) in [4.78, 5) is 17.5. The molecule has 2 aromatic rings. The minimum atomic E-state index is -0.130. The zero-order valence-corrected chi connectivity index (χ0v) is 19.5. The van der Waals surface area contributed by atoms with Crippen LogP contribution in [0.5, 0.6) is 11.5 Å². The Hall–Kier alpha value is -2.44. The van der Waals surface area contributed by atoms with Crippen molar-refractivity contribution in [3.63, 3.8) is 0 Å². The molecule has 0 spiro atoms. The maximum absolute atomic E-state index is 12.5. The van der Waals surface area contributed by atoms with Gasteiger partial charge in [-0.25, -0.2) is 0 Å². The Bertz CT molecular complexity index is 929. The normalized spacial score (nSPS) is 16.5. The number of benzene rings is 2. The predicted molar refractivity (Wildman–Crippen MR) is 128 cm³/mol. The van der Waals surface area contributed by atoms with Crippen LogP contribution in [0.25, 0.3) is 0 Å². The smallest absolute Gasteiger partial charge is 0.251 e.